The summed E-state index contributed by atoms with van der Waals surface area (Å²) in [6.45, 7) is 4.06. The van der Waals surface area contributed by atoms with Crippen molar-refractivity contribution in [1.82, 2.24) is 9.97 Å². The van der Waals surface area contributed by atoms with E-state index in [-0.39, 0.29) is 6.10 Å². The van der Waals surface area contributed by atoms with Crippen LogP contribution in [0.25, 0.3) is 11.0 Å². The lowest BCUT2D eigenvalue weighted by Crippen LogP contribution is -2.10. The van der Waals surface area contributed by atoms with Gasteiger partial charge in [0.1, 0.15) is 5.69 Å². The van der Waals surface area contributed by atoms with E-state index in [9.17, 15) is 0 Å². The first-order valence-corrected chi connectivity index (χ1v) is 8.57. The highest BCUT2D eigenvalue weighted by Crippen LogP contribution is 2.57. The van der Waals surface area contributed by atoms with E-state index in [0.717, 1.165) is 23.1 Å². The minimum absolute atomic E-state index is 0.105. The average molecular weight is 310 g/mol. The molecule has 112 valence electrons. The number of nitrogens with zero attached hydrogens (tertiary/aromatic N) is 2. The lowest BCUT2D eigenvalue weighted by molar-refractivity contribution is 0.229. The SMILES string of the molecule is CC(C)Oc1nc2ccccc2nc1C1CC1c1cccs1. The normalized spacial score (nSPS) is 20.5. The number of rotatable bonds is 4. The predicted octanol–water partition coefficient (Wildman–Crippen LogP) is 4.75. The number of aromatic nitrogens is 2. The minimum atomic E-state index is 0.105. The molecule has 2 unspecified atom stereocenters. The van der Waals surface area contributed by atoms with Crippen LogP contribution in [0, 0.1) is 0 Å². The Morgan fingerprint density at radius 2 is 1.82 bits per heavy atom. The highest BCUT2D eigenvalue weighted by molar-refractivity contribution is 7.10. The van der Waals surface area contributed by atoms with E-state index in [1.54, 1.807) is 0 Å². The largest absolute Gasteiger partial charge is 0.474 e. The summed E-state index contributed by atoms with van der Waals surface area (Å²) in [4.78, 5) is 11.0. The van der Waals surface area contributed by atoms with Gasteiger partial charge in [-0.2, -0.15) is 0 Å². The molecule has 1 saturated carbocycles. The van der Waals surface area contributed by atoms with Gasteiger partial charge in [0.2, 0.25) is 5.88 Å². The third-order valence-corrected chi connectivity index (χ3v) is 4.97. The van der Waals surface area contributed by atoms with Gasteiger partial charge in [0.15, 0.2) is 0 Å². The Morgan fingerprint density at radius 1 is 1.05 bits per heavy atom. The van der Waals surface area contributed by atoms with Gasteiger partial charge in [0.25, 0.3) is 0 Å². The molecule has 3 aromatic rings. The van der Waals surface area contributed by atoms with Crippen LogP contribution in [0.1, 0.15) is 42.7 Å². The van der Waals surface area contributed by atoms with Gasteiger partial charge < -0.3 is 4.74 Å². The lowest BCUT2D eigenvalue weighted by atomic mass is 10.2. The van der Waals surface area contributed by atoms with Crippen LogP contribution >= 0.6 is 11.3 Å². The molecule has 22 heavy (non-hydrogen) atoms. The lowest BCUT2D eigenvalue weighted by Gasteiger charge is -2.13. The van der Waals surface area contributed by atoms with Gasteiger partial charge in [0.05, 0.1) is 17.1 Å². The molecule has 4 rings (SSSR count). The number of para-hydroxylation sites is 2. The number of hydrogen-bond acceptors (Lipinski definition) is 4. The molecule has 2 atom stereocenters. The van der Waals surface area contributed by atoms with Crippen molar-refractivity contribution in [2.75, 3.05) is 0 Å². The maximum absolute atomic E-state index is 5.95. The number of thiophene rings is 1. The van der Waals surface area contributed by atoms with Crippen LogP contribution in [0.4, 0.5) is 0 Å². The van der Waals surface area contributed by atoms with Gasteiger partial charge in [-0.1, -0.05) is 18.2 Å². The van der Waals surface area contributed by atoms with Gasteiger partial charge in [-0.15, -0.1) is 11.3 Å². The molecule has 1 aliphatic carbocycles. The van der Waals surface area contributed by atoms with Crippen molar-refractivity contribution in [3.8, 4) is 5.88 Å². The van der Waals surface area contributed by atoms with Crippen LogP contribution in [0.3, 0.4) is 0 Å². The van der Waals surface area contributed by atoms with E-state index in [2.05, 4.69) is 17.5 Å². The molecule has 1 aliphatic rings. The Hall–Kier alpha value is -1.94. The maximum atomic E-state index is 5.95. The summed E-state index contributed by atoms with van der Waals surface area (Å²) < 4.78 is 5.95. The molecular formula is C18H18N2OS. The van der Waals surface area contributed by atoms with E-state index < -0.39 is 0 Å². The molecule has 0 spiro atoms. The Labute approximate surface area is 134 Å². The van der Waals surface area contributed by atoms with Gasteiger partial charge in [-0.3, -0.25) is 0 Å². The standard InChI is InChI=1S/C18H18N2OS/c1-11(2)21-18-17(13-10-12(13)16-8-5-9-22-16)19-14-6-3-4-7-15(14)20-18/h3-9,11-13H,10H2,1-2H3. The smallest absolute Gasteiger partial charge is 0.236 e. The molecule has 1 aromatic carbocycles. The van der Waals surface area contributed by atoms with Crippen molar-refractivity contribution in [3.05, 3.63) is 52.3 Å². The van der Waals surface area contributed by atoms with Crippen LogP contribution in [-0.2, 0) is 0 Å². The second kappa shape index (κ2) is 5.36. The van der Waals surface area contributed by atoms with Crippen LogP contribution in [0.2, 0.25) is 0 Å². The Bertz CT molecular complexity index is 798. The summed E-state index contributed by atoms with van der Waals surface area (Å²) in [5.74, 6) is 1.72. The summed E-state index contributed by atoms with van der Waals surface area (Å²) in [6, 6.07) is 12.3. The monoisotopic (exact) mass is 310 g/mol. The first kappa shape index (κ1) is 13.7. The first-order chi connectivity index (χ1) is 10.7. The number of fused-ring (bicyclic) bond motifs is 1. The second-order valence-electron chi connectivity index (χ2n) is 6.03. The van der Waals surface area contributed by atoms with Crippen molar-refractivity contribution in [3.63, 3.8) is 0 Å². The molecule has 0 radical (unpaired) electrons. The van der Waals surface area contributed by atoms with Crippen LogP contribution < -0.4 is 4.74 Å². The molecule has 0 saturated heterocycles. The zero-order chi connectivity index (χ0) is 15.1. The first-order valence-electron chi connectivity index (χ1n) is 7.69. The molecule has 4 heteroatoms. The fraction of sp³-hybridized carbons (Fsp3) is 0.333. The molecule has 3 nitrogen and oxygen atoms in total. The predicted molar refractivity (Wildman–Crippen MR) is 89.7 cm³/mol. The van der Waals surface area contributed by atoms with Crippen molar-refractivity contribution in [2.24, 2.45) is 0 Å². The Kier molecular flexibility index (Phi) is 3.34. The number of ether oxygens (including phenoxy) is 1. The van der Waals surface area contributed by atoms with E-state index in [0.29, 0.717) is 17.7 Å². The van der Waals surface area contributed by atoms with Crippen molar-refractivity contribution in [1.29, 1.82) is 0 Å². The van der Waals surface area contributed by atoms with Gasteiger partial charge >= 0.3 is 0 Å². The third kappa shape index (κ3) is 2.48. The topological polar surface area (TPSA) is 35.0 Å². The van der Waals surface area contributed by atoms with Gasteiger partial charge in [0, 0.05) is 16.7 Å². The molecule has 0 aliphatic heterocycles. The molecule has 2 aromatic heterocycles. The zero-order valence-electron chi connectivity index (χ0n) is 12.7. The van der Waals surface area contributed by atoms with Crippen molar-refractivity contribution in [2.45, 2.75) is 38.2 Å². The molecule has 2 heterocycles. The highest BCUT2D eigenvalue weighted by atomic mass is 32.1. The maximum Gasteiger partial charge on any atom is 0.236 e. The number of benzene rings is 1. The Balaban J connectivity index is 1.75. The molecule has 0 N–H and O–H groups in total. The highest BCUT2D eigenvalue weighted by Gasteiger charge is 2.43. The summed E-state index contributed by atoms with van der Waals surface area (Å²) in [5, 5.41) is 2.14. The zero-order valence-corrected chi connectivity index (χ0v) is 13.5. The fourth-order valence-corrected chi connectivity index (χ4v) is 3.77. The second-order valence-corrected chi connectivity index (χ2v) is 7.01. The summed E-state index contributed by atoms with van der Waals surface area (Å²) in [5.41, 5.74) is 2.87. The number of hydrogen-bond donors (Lipinski definition) is 0. The molecule has 0 amide bonds. The van der Waals surface area contributed by atoms with E-state index in [1.807, 2.05) is 49.4 Å². The quantitative estimate of drug-likeness (QED) is 0.697. The Morgan fingerprint density at radius 3 is 2.50 bits per heavy atom. The fourth-order valence-electron chi connectivity index (χ4n) is 2.86. The summed E-state index contributed by atoms with van der Waals surface area (Å²) in [7, 11) is 0. The third-order valence-electron chi connectivity index (χ3n) is 3.96. The van der Waals surface area contributed by atoms with Crippen molar-refractivity contribution < 1.29 is 4.74 Å². The molecule has 0 bridgehead atoms. The summed E-state index contributed by atoms with van der Waals surface area (Å²) >= 11 is 1.83. The van der Waals surface area contributed by atoms with Crippen LogP contribution in [0.5, 0.6) is 5.88 Å². The molecular weight excluding hydrogens is 292 g/mol. The van der Waals surface area contributed by atoms with E-state index in [4.69, 9.17) is 14.7 Å². The van der Waals surface area contributed by atoms with E-state index >= 15 is 0 Å². The van der Waals surface area contributed by atoms with Gasteiger partial charge in [-0.05, 0) is 43.8 Å². The van der Waals surface area contributed by atoms with Crippen LogP contribution in [-0.4, -0.2) is 16.1 Å². The average Bonchev–Trinajstić information content (AvgIpc) is 3.10. The molecule has 1 fully saturated rings. The summed E-state index contributed by atoms with van der Waals surface area (Å²) in [6.07, 6.45) is 1.25. The van der Waals surface area contributed by atoms with Crippen molar-refractivity contribution >= 4 is 22.4 Å². The minimum Gasteiger partial charge on any atom is -0.474 e. The van der Waals surface area contributed by atoms with Crippen LogP contribution in [0.15, 0.2) is 41.8 Å². The van der Waals surface area contributed by atoms with Gasteiger partial charge in [-0.25, -0.2) is 9.97 Å². The van der Waals surface area contributed by atoms with E-state index in [1.165, 1.54) is 4.88 Å².